The molecular formula is C11H10FN3O. The molecule has 0 spiro atoms. The molecule has 0 amide bonds. The van der Waals surface area contributed by atoms with Crippen LogP contribution in [0.3, 0.4) is 0 Å². The number of hydrogen-bond donors (Lipinski definition) is 2. The van der Waals surface area contributed by atoms with Crippen LogP contribution in [0.1, 0.15) is 0 Å². The molecule has 0 fully saturated rings. The average molecular weight is 219 g/mol. The van der Waals surface area contributed by atoms with Gasteiger partial charge in [0.25, 0.3) is 0 Å². The second kappa shape index (κ2) is 4.06. The second-order valence-electron chi connectivity index (χ2n) is 3.18. The number of ether oxygens (including phenoxy) is 1. The first-order valence-electron chi connectivity index (χ1n) is 4.60. The zero-order valence-corrected chi connectivity index (χ0v) is 8.35. The minimum absolute atomic E-state index is 0.208. The van der Waals surface area contributed by atoms with E-state index in [4.69, 9.17) is 16.2 Å². The average Bonchev–Trinajstić information content (AvgIpc) is 2.27. The highest BCUT2D eigenvalue weighted by Gasteiger charge is 2.01. The van der Waals surface area contributed by atoms with Gasteiger partial charge in [-0.2, -0.15) is 4.98 Å². The van der Waals surface area contributed by atoms with Crippen molar-refractivity contribution in [3.05, 3.63) is 42.2 Å². The summed E-state index contributed by atoms with van der Waals surface area (Å²) < 4.78 is 18.0. The molecule has 16 heavy (non-hydrogen) atoms. The van der Waals surface area contributed by atoms with Gasteiger partial charge in [0.05, 0.1) is 5.69 Å². The Kier molecular flexibility index (Phi) is 2.59. The zero-order valence-electron chi connectivity index (χ0n) is 8.35. The smallest absolute Gasteiger partial charge is 0.221 e. The molecule has 0 aliphatic rings. The number of hydrogen-bond acceptors (Lipinski definition) is 4. The number of halogens is 1. The maximum atomic E-state index is 12.6. The number of pyridine rings is 1. The molecule has 1 aromatic carbocycles. The number of benzene rings is 1. The third-order valence-electron chi connectivity index (χ3n) is 1.97. The van der Waals surface area contributed by atoms with E-state index in [9.17, 15) is 4.39 Å². The summed E-state index contributed by atoms with van der Waals surface area (Å²) in [5.41, 5.74) is 11.4. The van der Waals surface area contributed by atoms with Gasteiger partial charge in [0.2, 0.25) is 5.88 Å². The van der Waals surface area contributed by atoms with Gasteiger partial charge >= 0.3 is 0 Å². The largest absolute Gasteiger partial charge is 0.439 e. The topological polar surface area (TPSA) is 74.2 Å². The van der Waals surface area contributed by atoms with Crippen LogP contribution in [0.5, 0.6) is 11.6 Å². The van der Waals surface area contributed by atoms with Crippen molar-refractivity contribution in [3.8, 4) is 11.6 Å². The molecule has 82 valence electrons. The lowest BCUT2D eigenvalue weighted by atomic mass is 10.3. The summed E-state index contributed by atoms with van der Waals surface area (Å²) in [6, 6.07) is 8.80. The summed E-state index contributed by atoms with van der Waals surface area (Å²) in [7, 11) is 0. The van der Waals surface area contributed by atoms with Crippen LogP contribution in [-0.4, -0.2) is 4.98 Å². The first-order chi connectivity index (χ1) is 7.65. The molecule has 1 aromatic heterocycles. The van der Waals surface area contributed by atoms with E-state index in [0.29, 0.717) is 17.3 Å². The van der Waals surface area contributed by atoms with E-state index >= 15 is 0 Å². The van der Waals surface area contributed by atoms with Gasteiger partial charge in [-0.25, -0.2) is 4.39 Å². The van der Waals surface area contributed by atoms with Crippen molar-refractivity contribution in [1.82, 2.24) is 4.98 Å². The Balaban J connectivity index is 2.20. The van der Waals surface area contributed by atoms with Crippen LogP contribution in [0.15, 0.2) is 36.4 Å². The minimum Gasteiger partial charge on any atom is -0.439 e. The SMILES string of the molecule is Nc1ccc(Oc2ccc(F)cc2)nc1N. The van der Waals surface area contributed by atoms with Gasteiger partial charge in [0.1, 0.15) is 11.6 Å². The molecule has 2 aromatic rings. The molecule has 4 nitrogen and oxygen atoms in total. The third-order valence-corrected chi connectivity index (χ3v) is 1.97. The zero-order chi connectivity index (χ0) is 11.5. The highest BCUT2D eigenvalue weighted by Crippen LogP contribution is 2.22. The number of nitrogens with two attached hydrogens (primary N) is 2. The lowest BCUT2D eigenvalue weighted by Crippen LogP contribution is -1.98. The fourth-order valence-electron chi connectivity index (χ4n) is 1.15. The summed E-state index contributed by atoms with van der Waals surface area (Å²) in [6.45, 7) is 0. The fraction of sp³-hybridized carbons (Fsp3) is 0. The highest BCUT2D eigenvalue weighted by molar-refractivity contribution is 5.58. The van der Waals surface area contributed by atoms with Crippen molar-refractivity contribution < 1.29 is 9.13 Å². The molecule has 0 radical (unpaired) electrons. The molecular weight excluding hydrogens is 209 g/mol. The lowest BCUT2D eigenvalue weighted by Gasteiger charge is -2.06. The van der Waals surface area contributed by atoms with Crippen LogP contribution >= 0.6 is 0 Å². The monoisotopic (exact) mass is 219 g/mol. The van der Waals surface area contributed by atoms with Crippen molar-refractivity contribution in [2.24, 2.45) is 0 Å². The molecule has 4 N–H and O–H groups in total. The standard InChI is InChI=1S/C11H10FN3O/c12-7-1-3-8(4-2-7)16-10-6-5-9(13)11(14)15-10/h1-6H,13H2,(H2,14,15). The van der Waals surface area contributed by atoms with Gasteiger partial charge in [-0.15, -0.1) is 0 Å². The van der Waals surface area contributed by atoms with Crippen LogP contribution in [0.25, 0.3) is 0 Å². The molecule has 0 aliphatic heterocycles. The van der Waals surface area contributed by atoms with Crippen molar-refractivity contribution >= 4 is 11.5 Å². The van der Waals surface area contributed by atoms with E-state index in [2.05, 4.69) is 4.98 Å². The normalized spacial score (nSPS) is 10.1. The van der Waals surface area contributed by atoms with Crippen LogP contribution < -0.4 is 16.2 Å². The Bertz CT molecular complexity index is 499. The molecule has 0 saturated heterocycles. The Labute approximate surface area is 91.7 Å². The number of nitrogens with zero attached hydrogens (tertiary/aromatic N) is 1. The predicted octanol–water partition coefficient (Wildman–Crippen LogP) is 2.18. The molecule has 0 atom stereocenters. The van der Waals surface area contributed by atoms with Gasteiger partial charge in [0, 0.05) is 6.07 Å². The van der Waals surface area contributed by atoms with Crippen LogP contribution in [0, 0.1) is 5.82 Å². The maximum Gasteiger partial charge on any atom is 0.221 e. The summed E-state index contributed by atoms with van der Waals surface area (Å²) in [5.74, 6) is 0.688. The summed E-state index contributed by atoms with van der Waals surface area (Å²) in [6.07, 6.45) is 0. The molecule has 0 bridgehead atoms. The molecule has 2 rings (SSSR count). The molecule has 5 heteroatoms. The predicted molar refractivity (Wildman–Crippen MR) is 59.5 cm³/mol. The van der Waals surface area contributed by atoms with E-state index < -0.39 is 0 Å². The lowest BCUT2D eigenvalue weighted by molar-refractivity contribution is 0.462. The third kappa shape index (κ3) is 2.20. The van der Waals surface area contributed by atoms with Crippen molar-refractivity contribution in [2.75, 3.05) is 11.5 Å². The van der Waals surface area contributed by atoms with E-state index in [0.717, 1.165) is 0 Å². The number of anilines is 2. The highest BCUT2D eigenvalue weighted by atomic mass is 19.1. The van der Waals surface area contributed by atoms with Crippen molar-refractivity contribution in [2.45, 2.75) is 0 Å². The Morgan fingerprint density at radius 1 is 1.00 bits per heavy atom. The van der Waals surface area contributed by atoms with Crippen molar-refractivity contribution in [3.63, 3.8) is 0 Å². The summed E-state index contributed by atoms with van der Waals surface area (Å²) >= 11 is 0. The van der Waals surface area contributed by atoms with Crippen LogP contribution in [-0.2, 0) is 0 Å². The second-order valence-corrected chi connectivity index (χ2v) is 3.18. The number of aromatic nitrogens is 1. The Morgan fingerprint density at radius 2 is 1.69 bits per heavy atom. The molecule has 0 saturated carbocycles. The first kappa shape index (κ1) is 10.2. The maximum absolute atomic E-state index is 12.6. The van der Waals surface area contributed by atoms with E-state index in [-0.39, 0.29) is 11.6 Å². The van der Waals surface area contributed by atoms with E-state index in [1.54, 1.807) is 12.1 Å². The number of rotatable bonds is 2. The summed E-state index contributed by atoms with van der Waals surface area (Å²) in [4.78, 5) is 3.93. The Morgan fingerprint density at radius 3 is 2.31 bits per heavy atom. The van der Waals surface area contributed by atoms with Gasteiger partial charge in [0.15, 0.2) is 5.82 Å². The summed E-state index contributed by atoms with van der Waals surface area (Å²) in [5, 5.41) is 0. The fourth-order valence-corrected chi connectivity index (χ4v) is 1.15. The quantitative estimate of drug-likeness (QED) is 0.811. The van der Waals surface area contributed by atoms with Gasteiger partial charge in [-0.05, 0) is 30.3 Å². The molecule has 0 aliphatic carbocycles. The van der Waals surface area contributed by atoms with Crippen LogP contribution in [0.2, 0.25) is 0 Å². The Hall–Kier alpha value is -2.30. The van der Waals surface area contributed by atoms with E-state index in [1.165, 1.54) is 24.3 Å². The van der Waals surface area contributed by atoms with E-state index in [1.807, 2.05) is 0 Å². The molecule has 1 heterocycles. The molecule has 0 unspecified atom stereocenters. The van der Waals surface area contributed by atoms with Gasteiger partial charge in [-0.3, -0.25) is 0 Å². The van der Waals surface area contributed by atoms with Crippen LogP contribution in [0.4, 0.5) is 15.9 Å². The first-order valence-corrected chi connectivity index (χ1v) is 4.60. The number of nitrogen functional groups attached to an aromatic ring is 2. The van der Waals surface area contributed by atoms with Gasteiger partial charge < -0.3 is 16.2 Å². The van der Waals surface area contributed by atoms with Crippen molar-refractivity contribution in [1.29, 1.82) is 0 Å². The van der Waals surface area contributed by atoms with Gasteiger partial charge in [-0.1, -0.05) is 0 Å². The minimum atomic E-state index is -0.322.